The van der Waals surface area contributed by atoms with Crippen LogP contribution in [0.25, 0.3) is 0 Å². The topological polar surface area (TPSA) is 62.6 Å². The Bertz CT molecular complexity index is 797. The number of amides is 2. The number of likely N-dealkylation sites (N-methyl/N-ethyl adjacent to an activating group) is 1. The molecule has 5 nitrogen and oxygen atoms in total. The third kappa shape index (κ3) is 5.43. The van der Waals surface area contributed by atoms with E-state index in [1.807, 2.05) is 71.1 Å². The molecule has 0 heterocycles. The van der Waals surface area contributed by atoms with Crippen molar-refractivity contribution in [2.75, 3.05) is 30.8 Å². The van der Waals surface area contributed by atoms with Crippen LogP contribution in [-0.2, 0) is 9.59 Å². The number of anilines is 2. The predicted molar refractivity (Wildman–Crippen MR) is 106 cm³/mol. The molecule has 0 aliphatic carbocycles. The van der Waals surface area contributed by atoms with Crippen molar-refractivity contribution in [1.82, 2.24) is 0 Å². The van der Waals surface area contributed by atoms with Crippen LogP contribution in [0.1, 0.15) is 22.3 Å². The van der Waals surface area contributed by atoms with E-state index < -0.39 is 0 Å². The fraction of sp³-hybridized carbons (Fsp3) is 0.333. The number of hydrogen-bond acceptors (Lipinski definition) is 2. The van der Waals surface area contributed by atoms with Crippen LogP contribution in [0.15, 0.2) is 36.4 Å². The maximum Gasteiger partial charge on any atom is 0.279 e. The average molecular weight is 354 g/mol. The zero-order valence-electron chi connectivity index (χ0n) is 16.2. The maximum absolute atomic E-state index is 12.3. The van der Waals surface area contributed by atoms with E-state index in [1.54, 1.807) is 0 Å². The minimum atomic E-state index is -0.101. The second-order valence-corrected chi connectivity index (χ2v) is 6.97. The van der Waals surface area contributed by atoms with Gasteiger partial charge in [-0.25, -0.2) is 0 Å². The quantitative estimate of drug-likeness (QED) is 0.743. The Hall–Kier alpha value is -2.66. The van der Waals surface area contributed by atoms with Gasteiger partial charge in [0.05, 0.1) is 7.05 Å². The molecular formula is C21H28N3O2+. The van der Waals surface area contributed by atoms with Crippen LogP contribution in [0.2, 0.25) is 0 Å². The SMILES string of the molecule is Cc1ccc(C)c(NC(=O)C[NH+](C)CC(=O)Nc2cccc(C)c2C)c1. The van der Waals surface area contributed by atoms with E-state index in [1.165, 1.54) is 0 Å². The first kappa shape index (κ1) is 19.7. The first-order chi connectivity index (χ1) is 12.3. The first-order valence-corrected chi connectivity index (χ1v) is 8.80. The average Bonchev–Trinajstić information content (AvgIpc) is 2.55. The molecule has 3 N–H and O–H groups in total. The van der Waals surface area contributed by atoms with Crippen molar-refractivity contribution in [1.29, 1.82) is 0 Å². The Balaban J connectivity index is 1.88. The Labute approximate surface area is 155 Å². The molecular weight excluding hydrogens is 326 g/mol. The number of carbonyl (C=O) groups is 2. The van der Waals surface area contributed by atoms with E-state index in [0.29, 0.717) is 0 Å². The number of carbonyl (C=O) groups excluding carboxylic acids is 2. The fourth-order valence-corrected chi connectivity index (χ4v) is 2.76. The van der Waals surface area contributed by atoms with E-state index in [9.17, 15) is 9.59 Å². The molecule has 0 fully saturated rings. The maximum atomic E-state index is 12.3. The largest absolute Gasteiger partial charge is 0.322 e. The summed E-state index contributed by atoms with van der Waals surface area (Å²) < 4.78 is 0. The van der Waals surface area contributed by atoms with Crippen molar-refractivity contribution in [3.8, 4) is 0 Å². The molecule has 1 unspecified atom stereocenters. The summed E-state index contributed by atoms with van der Waals surface area (Å²) in [5, 5.41) is 5.86. The molecule has 138 valence electrons. The summed E-state index contributed by atoms with van der Waals surface area (Å²) in [6.45, 7) is 8.41. The fourth-order valence-electron chi connectivity index (χ4n) is 2.76. The summed E-state index contributed by atoms with van der Waals surface area (Å²) in [5.41, 5.74) is 5.96. The standard InChI is InChI=1S/C21H27N3O2/c1-14-9-10-16(3)19(11-14)23-21(26)13-24(5)12-20(25)22-18-8-6-7-15(2)17(18)4/h6-11H,12-13H2,1-5H3,(H,22,25)(H,23,26)/p+1. The van der Waals surface area contributed by atoms with Crippen LogP contribution in [0, 0.1) is 27.7 Å². The normalized spacial score (nSPS) is 11.7. The van der Waals surface area contributed by atoms with Crippen molar-refractivity contribution < 1.29 is 14.5 Å². The number of aryl methyl sites for hydroxylation is 3. The van der Waals surface area contributed by atoms with Gasteiger partial charge in [0.1, 0.15) is 0 Å². The van der Waals surface area contributed by atoms with Crippen LogP contribution in [0.4, 0.5) is 11.4 Å². The Morgan fingerprint density at radius 2 is 1.46 bits per heavy atom. The molecule has 26 heavy (non-hydrogen) atoms. The van der Waals surface area contributed by atoms with Crippen molar-refractivity contribution in [3.63, 3.8) is 0 Å². The summed E-state index contributed by atoms with van der Waals surface area (Å²) >= 11 is 0. The smallest absolute Gasteiger partial charge is 0.279 e. The van der Waals surface area contributed by atoms with E-state index in [0.717, 1.165) is 38.5 Å². The molecule has 2 aromatic rings. The van der Waals surface area contributed by atoms with Gasteiger partial charge >= 0.3 is 0 Å². The third-order valence-corrected chi connectivity index (χ3v) is 4.47. The molecule has 0 radical (unpaired) electrons. The highest BCUT2D eigenvalue weighted by Crippen LogP contribution is 2.17. The van der Waals surface area contributed by atoms with Gasteiger partial charge < -0.3 is 15.5 Å². The molecule has 1 atom stereocenters. The highest BCUT2D eigenvalue weighted by atomic mass is 16.2. The van der Waals surface area contributed by atoms with Gasteiger partial charge in [0.2, 0.25) is 0 Å². The van der Waals surface area contributed by atoms with Gasteiger partial charge in [-0.2, -0.15) is 0 Å². The van der Waals surface area contributed by atoms with Crippen LogP contribution in [0.3, 0.4) is 0 Å². The van der Waals surface area contributed by atoms with Gasteiger partial charge in [-0.1, -0.05) is 24.3 Å². The van der Waals surface area contributed by atoms with Gasteiger partial charge in [0.25, 0.3) is 11.8 Å². The monoisotopic (exact) mass is 354 g/mol. The molecule has 0 saturated heterocycles. The molecule has 0 saturated carbocycles. The van der Waals surface area contributed by atoms with Gasteiger partial charge in [0.15, 0.2) is 13.1 Å². The van der Waals surface area contributed by atoms with E-state index in [4.69, 9.17) is 0 Å². The van der Waals surface area contributed by atoms with E-state index in [-0.39, 0.29) is 24.9 Å². The lowest BCUT2D eigenvalue weighted by atomic mass is 10.1. The Kier molecular flexibility index (Phi) is 6.52. The second-order valence-electron chi connectivity index (χ2n) is 6.97. The minimum Gasteiger partial charge on any atom is -0.322 e. The highest BCUT2D eigenvalue weighted by molar-refractivity contribution is 5.94. The van der Waals surface area contributed by atoms with Gasteiger partial charge in [-0.15, -0.1) is 0 Å². The lowest BCUT2D eigenvalue weighted by Crippen LogP contribution is -3.11. The molecule has 2 amide bonds. The molecule has 0 bridgehead atoms. The first-order valence-electron chi connectivity index (χ1n) is 8.80. The van der Waals surface area contributed by atoms with Crippen LogP contribution in [-0.4, -0.2) is 32.0 Å². The molecule has 0 aromatic heterocycles. The Morgan fingerprint density at radius 1 is 0.846 bits per heavy atom. The van der Waals surface area contributed by atoms with Crippen LogP contribution in [0.5, 0.6) is 0 Å². The van der Waals surface area contributed by atoms with Gasteiger partial charge in [-0.3, -0.25) is 9.59 Å². The number of benzene rings is 2. The van der Waals surface area contributed by atoms with Crippen molar-refractivity contribution in [2.45, 2.75) is 27.7 Å². The third-order valence-electron chi connectivity index (χ3n) is 4.47. The highest BCUT2D eigenvalue weighted by Gasteiger charge is 2.16. The molecule has 5 heteroatoms. The molecule has 0 spiro atoms. The number of hydrogen-bond donors (Lipinski definition) is 3. The zero-order chi connectivity index (χ0) is 19.3. The Morgan fingerprint density at radius 3 is 2.12 bits per heavy atom. The molecule has 2 aromatic carbocycles. The molecule has 2 rings (SSSR count). The summed E-state index contributed by atoms with van der Waals surface area (Å²) in [6, 6.07) is 11.8. The van der Waals surface area contributed by atoms with Crippen molar-refractivity contribution in [2.24, 2.45) is 0 Å². The summed E-state index contributed by atoms with van der Waals surface area (Å²) in [6.07, 6.45) is 0. The predicted octanol–water partition coefficient (Wildman–Crippen LogP) is 2.01. The second kappa shape index (κ2) is 8.63. The van der Waals surface area contributed by atoms with E-state index >= 15 is 0 Å². The van der Waals surface area contributed by atoms with Gasteiger partial charge in [-0.05, 0) is 62.1 Å². The summed E-state index contributed by atoms with van der Waals surface area (Å²) in [5.74, 6) is -0.202. The lowest BCUT2D eigenvalue weighted by Gasteiger charge is -2.15. The molecule has 0 aliphatic heterocycles. The zero-order valence-corrected chi connectivity index (χ0v) is 16.2. The summed E-state index contributed by atoms with van der Waals surface area (Å²) in [7, 11) is 1.84. The number of rotatable bonds is 6. The van der Waals surface area contributed by atoms with Crippen molar-refractivity contribution in [3.05, 3.63) is 58.7 Å². The number of nitrogens with one attached hydrogen (secondary N) is 3. The van der Waals surface area contributed by atoms with Crippen molar-refractivity contribution >= 4 is 23.2 Å². The van der Waals surface area contributed by atoms with Gasteiger partial charge in [0, 0.05) is 11.4 Å². The number of quaternary nitrogens is 1. The van der Waals surface area contributed by atoms with E-state index in [2.05, 4.69) is 10.6 Å². The lowest BCUT2D eigenvalue weighted by molar-refractivity contribution is -0.862. The minimum absolute atomic E-state index is 0.101. The van der Waals surface area contributed by atoms with Crippen LogP contribution < -0.4 is 15.5 Å². The summed E-state index contributed by atoms with van der Waals surface area (Å²) in [4.78, 5) is 25.4. The molecule has 0 aliphatic rings. The van der Waals surface area contributed by atoms with Crippen LogP contribution >= 0.6 is 0 Å².